The van der Waals surface area contributed by atoms with Gasteiger partial charge in [0.25, 0.3) is 0 Å². The molecule has 1 aromatic heterocycles. The van der Waals surface area contributed by atoms with Crippen LogP contribution < -0.4 is 4.90 Å². The first-order chi connectivity index (χ1) is 11.2. The van der Waals surface area contributed by atoms with Crippen LogP contribution in [0.15, 0.2) is 34.2 Å². The fourth-order valence-electron chi connectivity index (χ4n) is 2.28. The number of para-hydroxylation sites is 1. The summed E-state index contributed by atoms with van der Waals surface area (Å²) in [6, 6.07) is 11.8. The molecule has 23 heavy (non-hydrogen) atoms. The second-order valence-electron chi connectivity index (χ2n) is 4.62. The monoisotopic (exact) mass is 339 g/mol. The molecule has 0 fully saturated rings. The molecule has 0 saturated carbocycles. The number of hydrogen-bond donors (Lipinski definition) is 0. The lowest BCUT2D eigenvalue weighted by molar-refractivity contribution is 1.00. The highest BCUT2D eigenvalue weighted by Crippen LogP contribution is 2.46. The third kappa shape index (κ3) is 2.75. The molecule has 1 aromatic carbocycles. The van der Waals surface area contributed by atoms with E-state index in [1.807, 2.05) is 24.3 Å². The first kappa shape index (κ1) is 15.4. The van der Waals surface area contributed by atoms with Crippen molar-refractivity contribution in [3.63, 3.8) is 0 Å². The lowest BCUT2D eigenvalue weighted by atomic mass is 10.3. The molecule has 7 heteroatoms. The molecule has 0 amide bonds. The lowest BCUT2D eigenvalue weighted by Gasteiger charge is -2.17. The van der Waals surface area contributed by atoms with E-state index in [4.69, 9.17) is 22.1 Å². The summed E-state index contributed by atoms with van der Waals surface area (Å²) in [6.45, 7) is 2.85. The molecule has 0 atom stereocenters. The number of fused-ring (bicyclic) bond motifs is 1. The molecule has 112 valence electrons. The van der Waals surface area contributed by atoms with E-state index in [9.17, 15) is 0 Å². The van der Waals surface area contributed by atoms with Gasteiger partial charge in [-0.25, -0.2) is 9.97 Å². The molecule has 5 nitrogen and oxygen atoms in total. The minimum atomic E-state index is -0.0608. The molecule has 2 heterocycles. The Morgan fingerprint density at radius 3 is 2.61 bits per heavy atom. The molecule has 0 aliphatic carbocycles. The minimum absolute atomic E-state index is 0.0210. The molecule has 0 N–H and O–H groups in total. The van der Waals surface area contributed by atoms with E-state index >= 15 is 0 Å². The Bertz CT molecular complexity index is 894. The molecule has 0 unspecified atom stereocenters. The third-order valence-corrected chi connectivity index (χ3v) is 4.69. The van der Waals surface area contributed by atoms with Crippen LogP contribution in [0.2, 0.25) is 5.15 Å². The van der Waals surface area contributed by atoms with Gasteiger partial charge in [-0.05, 0) is 25.1 Å². The van der Waals surface area contributed by atoms with Crippen LogP contribution in [0, 0.1) is 22.7 Å². The molecule has 1 aliphatic rings. The predicted molar refractivity (Wildman–Crippen MR) is 89.8 cm³/mol. The minimum Gasteiger partial charge on any atom is -0.335 e. The predicted octanol–water partition coefficient (Wildman–Crippen LogP) is 3.80. The molecular formula is C16H10ClN5S. The van der Waals surface area contributed by atoms with E-state index < -0.39 is 0 Å². The number of nitriles is 2. The molecule has 3 rings (SSSR count). The maximum atomic E-state index is 9.08. The van der Waals surface area contributed by atoms with Crippen molar-refractivity contribution in [3.05, 3.63) is 51.5 Å². The lowest BCUT2D eigenvalue weighted by Crippen LogP contribution is -2.16. The van der Waals surface area contributed by atoms with Crippen molar-refractivity contribution in [2.45, 2.75) is 11.8 Å². The molecule has 0 saturated heterocycles. The van der Waals surface area contributed by atoms with Gasteiger partial charge in [0.2, 0.25) is 0 Å². The largest absolute Gasteiger partial charge is 0.335 e. The summed E-state index contributed by atoms with van der Waals surface area (Å²) in [7, 11) is 0. The van der Waals surface area contributed by atoms with Crippen molar-refractivity contribution in [3.8, 4) is 12.1 Å². The van der Waals surface area contributed by atoms with Crippen LogP contribution >= 0.6 is 23.4 Å². The van der Waals surface area contributed by atoms with E-state index in [0.29, 0.717) is 5.69 Å². The smallest absolute Gasteiger partial charge is 0.178 e. The number of halogens is 1. The zero-order valence-electron chi connectivity index (χ0n) is 12.1. The zero-order chi connectivity index (χ0) is 16.4. The third-order valence-electron chi connectivity index (χ3n) is 3.30. The zero-order valence-corrected chi connectivity index (χ0v) is 13.7. The fourth-order valence-corrected chi connectivity index (χ4v) is 3.62. The first-order valence-corrected chi connectivity index (χ1v) is 8.01. The van der Waals surface area contributed by atoms with Gasteiger partial charge in [0.15, 0.2) is 16.5 Å². The van der Waals surface area contributed by atoms with Crippen LogP contribution in [0.5, 0.6) is 0 Å². The maximum absolute atomic E-state index is 9.08. The van der Waals surface area contributed by atoms with Crippen molar-refractivity contribution in [2.75, 3.05) is 11.4 Å². The molecule has 0 bridgehead atoms. The average Bonchev–Trinajstić information content (AvgIpc) is 2.93. The van der Waals surface area contributed by atoms with Crippen LogP contribution in [0.4, 0.5) is 5.69 Å². The van der Waals surface area contributed by atoms with Gasteiger partial charge in [-0.15, -0.1) is 0 Å². The van der Waals surface area contributed by atoms with Crippen LogP contribution in [-0.4, -0.2) is 16.5 Å². The van der Waals surface area contributed by atoms with Crippen molar-refractivity contribution in [2.24, 2.45) is 0 Å². The van der Waals surface area contributed by atoms with Gasteiger partial charge in [0.1, 0.15) is 17.8 Å². The molecule has 0 radical (unpaired) electrons. The van der Waals surface area contributed by atoms with Gasteiger partial charge in [-0.1, -0.05) is 35.5 Å². The number of thioether (sulfide) groups is 1. The number of hydrogen-bond acceptors (Lipinski definition) is 6. The Hall–Kier alpha value is -2.54. The summed E-state index contributed by atoms with van der Waals surface area (Å²) in [5, 5.41) is 19.1. The van der Waals surface area contributed by atoms with Gasteiger partial charge in [0.05, 0.1) is 10.7 Å². The Morgan fingerprint density at radius 1 is 1.22 bits per heavy atom. The van der Waals surface area contributed by atoms with Gasteiger partial charge in [0, 0.05) is 11.4 Å². The SMILES string of the molecule is CCN1/C(=C/c2nc(C#N)c(C#N)nc2Cl)Sc2ccccc21. The number of nitrogens with zero attached hydrogens (tertiary/aromatic N) is 5. The second-order valence-corrected chi connectivity index (χ2v) is 6.04. The van der Waals surface area contributed by atoms with Gasteiger partial charge >= 0.3 is 0 Å². The Morgan fingerprint density at radius 2 is 1.91 bits per heavy atom. The van der Waals surface area contributed by atoms with Crippen LogP contribution in [0.25, 0.3) is 6.08 Å². The topological polar surface area (TPSA) is 76.6 Å². The van der Waals surface area contributed by atoms with E-state index in [1.54, 1.807) is 17.8 Å². The van der Waals surface area contributed by atoms with Crippen LogP contribution in [0.1, 0.15) is 24.0 Å². The highest BCUT2D eigenvalue weighted by atomic mass is 35.5. The van der Waals surface area contributed by atoms with Crippen molar-refractivity contribution < 1.29 is 0 Å². The van der Waals surface area contributed by atoms with Gasteiger partial charge in [-0.3, -0.25) is 0 Å². The summed E-state index contributed by atoms with van der Waals surface area (Å²) in [4.78, 5) is 11.4. The Labute approximate surface area is 142 Å². The average molecular weight is 340 g/mol. The molecule has 1 aliphatic heterocycles. The van der Waals surface area contributed by atoms with E-state index in [2.05, 4.69) is 33.9 Å². The second kappa shape index (κ2) is 6.29. The number of benzene rings is 1. The summed E-state index contributed by atoms with van der Waals surface area (Å²) < 4.78 is 0. The summed E-state index contributed by atoms with van der Waals surface area (Å²) in [6.07, 6.45) is 1.80. The highest BCUT2D eigenvalue weighted by Gasteiger charge is 2.24. The van der Waals surface area contributed by atoms with Crippen molar-refractivity contribution >= 4 is 35.1 Å². The van der Waals surface area contributed by atoms with Crippen LogP contribution in [0.3, 0.4) is 0 Å². The van der Waals surface area contributed by atoms with E-state index in [0.717, 1.165) is 22.2 Å². The normalized spacial score (nSPS) is 14.4. The Kier molecular flexibility index (Phi) is 4.20. The standard InChI is InChI=1S/C16H10ClN5S/c1-2-22-13-5-3-4-6-14(13)23-15(22)7-10-16(17)21-12(9-19)11(8-18)20-10/h3-7H,2H2,1H3/b15-7-. The highest BCUT2D eigenvalue weighted by molar-refractivity contribution is 8.03. The molecule has 2 aromatic rings. The molecular weight excluding hydrogens is 330 g/mol. The van der Waals surface area contributed by atoms with Crippen LogP contribution in [-0.2, 0) is 0 Å². The maximum Gasteiger partial charge on any atom is 0.178 e. The first-order valence-electron chi connectivity index (χ1n) is 6.81. The quantitative estimate of drug-likeness (QED) is 0.828. The van der Waals surface area contributed by atoms with Crippen molar-refractivity contribution in [1.29, 1.82) is 10.5 Å². The Balaban J connectivity index is 2.07. The van der Waals surface area contributed by atoms with E-state index in [1.165, 1.54) is 0 Å². The number of rotatable bonds is 2. The molecule has 0 spiro atoms. The summed E-state index contributed by atoms with van der Waals surface area (Å²) >= 11 is 7.72. The number of aromatic nitrogens is 2. The van der Waals surface area contributed by atoms with Gasteiger partial charge < -0.3 is 4.90 Å². The van der Waals surface area contributed by atoms with Crippen molar-refractivity contribution in [1.82, 2.24) is 9.97 Å². The van der Waals surface area contributed by atoms with Gasteiger partial charge in [-0.2, -0.15) is 10.5 Å². The fraction of sp³-hybridized carbons (Fsp3) is 0.125. The van der Waals surface area contributed by atoms with E-state index in [-0.39, 0.29) is 16.5 Å². The summed E-state index contributed by atoms with van der Waals surface area (Å²) in [5.74, 6) is 0. The summed E-state index contributed by atoms with van der Waals surface area (Å²) in [5.41, 5.74) is 1.43. The number of anilines is 1.